The third-order valence-electron chi connectivity index (χ3n) is 1.85. The lowest BCUT2D eigenvalue weighted by Gasteiger charge is -2.10. The molecule has 0 saturated heterocycles. The normalized spacial score (nSPS) is 11.7. The minimum atomic E-state index is -0.793. The van der Waals surface area contributed by atoms with Gasteiger partial charge in [-0.25, -0.2) is 0 Å². The molecule has 16 heavy (non-hydrogen) atoms. The van der Waals surface area contributed by atoms with Crippen LogP contribution in [0.1, 0.15) is 40.0 Å². The van der Waals surface area contributed by atoms with Crippen molar-refractivity contribution < 1.29 is 14.7 Å². The summed E-state index contributed by atoms with van der Waals surface area (Å²) < 4.78 is 0. The Kier molecular flexibility index (Phi) is 6.46. The van der Waals surface area contributed by atoms with Crippen molar-refractivity contribution in [2.75, 3.05) is 6.54 Å². The van der Waals surface area contributed by atoms with Crippen LogP contribution in [0, 0.1) is 5.41 Å². The summed E-state index contributed by atoms with van der Waals surface area (Å²) >= 11 is 0. The standard InChI is InChI=1S/C12H21NO3/c1-12(2,3)8-7-10(14)13-9-5-4-6-11(15)16/h7-8H,4-6,9H2,1-3H3,(H,13,14)(H,15,16)/b8-7+. The fraction of sp³-hybridized carbons (Fsp3) is 0.667. The van der Waals surface area contributed by atoms with Crippen molar-refractivity contribution in [3.8, 4) is 0 Å². The lowest BCUT2D eigenvalue weighted by Crippen LogP contribution is -2.22. The minimum Gasteiger partial charge on any atom is -0.481 e. The first-order valence-electron chi connectivity index (χ1n) is 5.50. The third kappa shape index (κ3) is 10.8. The topological polar surface area (TPSA) is 66.4 Å². The van der Waals surface area contributed by atoms with Gasteiger partial charge >= 0.3 is 5.97 Å². The van der Waals surface area contributed by atoms with Gasteiger partial charge in [0.05, 0.1) is 0 Å². The Labute approximate surface area is 96.7 Å². The fourth-order valence-corrected chi connectivity index (χ4v) is 0.997. The molecule has 0 aromatic heterocycles. The highest BCUT2D eigenvalue weighted by molar-refractivity contribution is 5.87. The summed E-state index contributed by atoms with van der Waals surface area (Å²) in [6, 6.07) is 0. The van der Waals surface area contributed by atoms with Crippen LogP contribution in [0.15, 0.2) is 12.2 Å². The predicted molar refractivity (Wildman–Crippen MR) is 63.1 cm³/mol. The van der Waals surface area contributed by atoms with Gasteiger partial charge in [0.15, 0.2) is 0 Å². The highest BCUT2D eigenvalue weighted by Gasteiger charge is 2.05. The van der Waals surface area contributed by atoms with Gasteiger partial charge in [-0.3, -0.25) is 9.59 Å². The van der Waals surface area contributed by atoms with Crippen LogP contribution in [-0.2, 0) is 9.59 Å². The molecular formula is C12H21NO3. The number of amides is 1. The van der Waals surface area contributed by atoms with E-state index >= 15 is 0 Å². The number of carbonyl (C=O) groups is 2. The van der Waals surface area contributed by atoms with E-state index in [4.69, 9.17) is 5.11 Å². The largest absolute Gasteiger partial charge is 0.481 e. The van der Waals surface area contributed by atoms with Gasteiger partial charge < -0.3 is 10.4 Å². The molecule has 0 aliphatic heterocycles. The van der Waals surface area contributed by atoms with Crippen LogP contribution in [0.2, 0.25) is 0 Å². The monoisotopic (exact) mass is 227 g/mol. The lowest BCUT2D eigenvalue weighted by molar-refractivity contribution is -0.137. The summed E-state index contributed by atoms with van der Waals surface area (Å²) in [5.74, 6) is -0.913. The number of carboxylic acid groups (broad SMARTS) is 1. The summed E-state index contributed by atoms with van der Waals surface area (Å²) in [4.78, 5) is 21.5. The zero-order valence-corrected chi connectivity index (χ0v) is 10.2. The van der Waals surface area contributed by atoms with Crippen LogP contribution in [0.25, 0.3) is 0 Å². The number of nitrogens with one attached hydrogen (secondary N) is 1. The Morgan fingerprint density at radius 2 is 1.88 bits per heavy atom. The molecule has 0 saturated carbocycles. The first-order chi connectivity index (χ1) is 7.31. The van der Waals surface area contributed by atoms with E-state index in [-0.39, 0.29) is 17.7 Å². The van der Waals surface area contributed by atoms with Gasteiger partial charge in [0, 0.05) is 13.0 Å². The van der Waals surface area contributed by atoms with E-state index < -0.39 is 5.97 Å². The first-order valence-corrected chi connectivity index (χ1v) is 5.50. The molecule has 0 aliphatic rings. The highest BCUT2D eigenvalue weighted by Crippen LogP contribution is 2.13. The van der Waals surface area contributed by atoms with Gasteiger partial charge in [0.2, 0.25) is 5.91 Å². The molecular weight excluding hydrogens is 206 g/mol. The molecule has 0 aromatic rings. The second kappa shape index (κ2) is 7.04. The molecule has 1 amide bonds. The van der Waals surface area contributed by atoms with Crippen molar-refractivity contribution in [2.45, 2.75) is 40.0 Å². The van der Waals surface area contributed by atoms with E-state index in [9.17, 15) is 9.59 Å². The number of rotatable bonds is 6. The molecule has 0 aliphatic carbocycles. The fourth-order valence-electron chi connectivity index (χ4n) is 0.997. The summed E-state index contributed by atoms with van der Waals surface area (Å²) in [6.45, 7) is 6.58. The van der Waals surface area contributed by atoms with Crippen LogP contribution < -0.4 is 5.32 Å². The van der Waals surface area contributed by atoms with E-state index in [2.05, 4.69) is 5.32 Å². The Balaban J connectivity index is 3.59. The van der Waals surface area contributed by atoms with Crippen LogP contribution in [0.5, 0.6) is 0 Å². The molecule has 0 rings (SSSR count). The van der Waals surface area contributed by atoms with Gasteiger partial charge in [-0.15, -0.1) is 0 Å². The van der Waals surface area contributed by atoms with Crippen molar-refractivity contribution >= 4 is 11.9 Å². The SMILES string of the molecule is CC(C)(C)/C=C/C(=O)NCCCCC(=O)O. The molecule has 0 bridgehead atoms. The molecule has 0 aromatic carbocycles. The maximum atomic E-state index is 11.3. The van der Waals surface area contributed by atoms with E-state index in [1.165, 1.54) is 6.08 Å². The summed E-state index contributed by atoms with van der Waals surface area (Å²) in [5, 5.41) is 11.1. The molecule has 0 atom stereocenters. The van der Waals surface area contributed by atoms with Crippen LogP contribution in [0.4, 0.5) is 0 Å². The molecule has 0 unspecified atom stereocenters. The maximum Gasteiger partial charge on any atom is 0.303 e. The number of aliphatic carboxylic acids is 1. The number of allylic oxidation sites excluding steroid dienone is 1. The zero-order chi connectivity index (χ0) is 12.6. The van der Waals surface area contributed by atoms with Crippen LogP contribution in [-0.4, -0.2) is 23.5 Å². The number of carboxylic acids is 1. The molecule has 4 nitrogen and oxygen atoms in total. The summed E-state index contributed by atoms with van der Waals surface area (Å²) in [6.07, 6.45) is 4.82. The lowest BCUT2D eigenvalue weighted by atomic mass is 9.96. The Bertz CT molecular complexity index is 264. The number of hydrogen-bond donors (Lipinski definition) is 2. The van der Waals surface area contributed by atoms with Gasteiger partial charge in [-0.1, -0.05) is 26.8 Å². The van der Waals surface area contributed by atoms with Crippen molar-refractivity contribution in [3.05, 3.63) is 12.2 Å². The van der Waals surface area contributed by atoms with Crippen LogP contribution >= 0.6 is 0 Å². The Morgan fingerprint density at radius 1 is 1.25 bits per heavy atom. The van der Waals surface area contributed by atoms with Crippen molar-refractivity contribution in [2.24, 2.45) is 5.41 Å². The Hall–Kier alpha value is -1.32. The molecule has 0 fully saturated rings. The number of unbranched alkanes of at least 4 members (excludes halogenated alkanes) is 1. The van der Waals surface area contributed by atoms with Gasteiger partial charge in [0.25, 0.3) is 0 Å². The first kappa shape index (κ1) is 14.7. The summed E-state index contributed by atoms with van der Waals surface area (Å²) in [5.41, 5.74) is 0.000642. The second-order valence-electron chi connectivity index (χ2n) is 4.84. The predicted octanol–water partition coefficient (Wildman–Crippen LogP) is 1.96. The second-order valence-corrected chi connectivity index (χ2v) is 4.84. The third-order valence-corrected chi connectivity index (χ3v) is 1.85. The minimum absolute atomic E-state index is 0.000642. The van der Waals surface area contributed by atoms with Gasteiger partial charge in [0.1, 0.15) is 0 Å². The van der Waals surface area contributed by atoms with E-state index in [0.29, 0.717) is 19.4 Å². The smallest absolute Gasteiger partial charge is 0.303 e. The number of hydrogen-bond acceptors (Lipinski definition) is 2. The van der Waals surface area contributed by atoms with Crippen molar-refractivity contribution in [1.29, 1.82) is 0 Å². The van der Waals surface area contributed by atoms with E-state index in [0.717, 1.165) is 0 Å². The quantitative estimate of drug-likeness (QED) is 0.538. The highest BCUT2D eigenvalue weighted by atomic mass is 16.4. The van der Waals surface area contributed by atoms with Crippen LogP contribution in [0.3, 0.4) is 0 Å². The average molecular weight is 227 g/mol. The zero-order valence-electron chi connectivity index (χ0n) is 10.2. The molecule has 0 radical (unpaired) electrons. The Morgan fingerprint density at radius 3 is 2.38 bits per heavy atom. The van der Waals surface area contributed by atoms with E-state index in [1.807, 2.05) is 26.8 Å². The number of carbonyl (C=O) groups excluding carboxylic acids is 1. The maximum absolute atomic E-state index is 11.3. The molecule has 0 heterocycles. The molecule has 2 N–H and O–H groups in total. The molecule has 92 valence electrons. The van der Waals surface area contributed by atoms with E-state index in [1.54, 1.807) is 0 Å². The molecule has 0 spiro atoms. The van der Waals surface area contributed by atoms with Crippen molar-refractivity contribution in [3.63, 3.8) is 0 Å². The van der Waals surface area contributed by atoms with Gasteiger partial charge in [-0.2, -0.15) is 0 Å². The van der Waals surface area contributed by atoms with Gasteiger partial charge in [-0.05, 0) is 24.3 Å². The average Bonchev–Trinajstić information content (AvgIpc) is 2.12. The van der Waals surface area contributed by atoms with Crippen molar-refractivity contribution in [1.82, 2.24) is 5.32 Å². The summed E-state index contributed by atoms with van der Waals surface area (Å²) in [7, 11) is 0. The molecule has 4 heteroatoms.